The zero-order valence-corrected chi connectivity index (χ0v) is 12.8. The molecule has 23 heavy (non-hydrogen) atoms. The van der Waals surface area contributed by atoms with Crippen LogP contribution in [0.1, 0.15) is 17.0 Å². The number of aryl methyl sites for hydroxylation is 1. The predicted molar refractivity (Wildman–Crippen MR) is 82.5 cm³/mol. The lowest BCUT2D eigenvalue weighted by molar-refractivity contribution is -0.139. The number of hydrogen-bond donors (Lipinski definition) is 1. The highest BCUT2D eigenvalue weighted by Gasteiger charge is 2.63. The van der Waals surface area contributed by atoms with Gasteiger partial charge in [-0.25, -0.2) is 0 Å². The zero-order chi connectivity index (χ0) is 16.1. The first-order valence-electron chi connectivity index (χ1n) is 7.44. The molecule has 2 aromatic rings. The van der Waals surface area contributed by atoms with Gasteiger partial charge in [0.25, 0.3) is 0 Å². The Morgan fingerprint density at radius 2 is 2.00 bits per heavy atom. The normalized spacial score (nSPS) is 23.5. The largest absolute Gasteiger partial charge is 0.493 e. The smallest absolute Gasteiger partial charge is 0.311 e. The molecule has 0 saturated heterocycles. The number of benzene rings is 2. The first kappa shape index (κ1) is 13.9. The zero-order valence-electron chi connectivity index (χ0n) is 12.8. The van der Waals surface area contributed by atoms with Gasteiger partial charge in [-0.15, -0.1) is 0 Å². The van der Waals surface area contributed by atoms with Gasteiger partial charge in [0.05, 0.1) is 7.11 Å². The summed E-state index contributed by atoms with van der Waals surface area (Å²) in [5.74, 6) is 1.41. The number of carboxylic acid groups (broad SMARTS) is 1. The maximum Gasteiger partial charge on any atom is 0.311 e. The third-order valence-electron chi connectivity index (χ3n) is 4.39. The van der Waals surface area contributed by atoms with Crippen molar-refractivity contribution in [1.29, 1.82) is 0 Å². The minimum absolute atomic E-state index is 0.0227. The number of aliphatic carboxylic acids is 1. The van der Waals surface area contributed by atoms with Crippen molar-refractivity contribution in [1.82, 2.24) is 0 Å². The summed E-state index contributed by atoms with van der Waals surface area (Å²) in [6, 6.07) is 11.3. The van der Waals surface area contributed by atoms with Crippen LogP contribution in [0.3, 0.4) is 0 Å². The highest BCUT2D eigenvalue weighted by Crippen LogP contribution is 2.59. The highest BCUT2D eigenvalue weighted by atomic mass is 16.5. The Balaban J connectivity index is 1.58. The van der Waals surface area contributed by atoms with E-state index in [1.54, 1.807) is 13.2 Å². The molecule has 0 spiro atoms. The van der Waals surface area contributed by atoms with Crippen molar-refractivity contribution in [2.24, 2.45) is 5.92 Å². The molecular formula is C18H16O5. The molecule has 2 aromatic carbocycles. The Bertz CT molecular complexity index is 798. The van der Waals surface area contributed by atoms with Gasteiger partial charge in [-0.3, -0.25) is 4.79 Å². The third-order valence-corrected chi connectivity index (χ3v) is 4.39. The monoisotopic (exact) mass is 312 g/mol. The molecule has 1 heterocycles. The maximum absolute atomic E-state index is 11.1. The molecular weight excluding hydrogens is 296 g/mol. The van der Waals surface area contributed by atoms with E-state index < -0.39 is 11.9 Å². The lowest BCUT2D eigenvalue weighted by atomic mass is 10.1. The van der Waals surface area contributed by atoms with E-state index in [2.05, 4.69) is 0 Å². The molecule has 0 amide bonds. The minimum atomic E-state index is -0.796. The first-order valence-corrected chi connectivity index (χ1v) is 7.44. The number of carbonyl (C=O) groups is 1. The SMILES string of the molecule is COc1cc(C)ccc1Oc1ccc2c(c1)O[C@H]1[C@H](C(=O)O)[C@@H]21. The van der Waals surface area contributed by atoms with Crippen LogP contribution in [0.5, 0.6) is 23.0 Å². The summed E-state index contributed by atoms with van der Waals surface area (Å²) >= 11 is 0. The van der Waals surface area contributed by atoms with Gasteiger partial charge in [0, 0.05) is 17.5 Å². The average molecular weight is 312 g/mol. The molecule has 1 aliphatic carbocycles. The van der Waals surface area contributed by atoms with Crippen LogP contribution in [0, 0.1) is 12.8 Å². The van der Waals surface area contributed by atoms with Crippen molar-refractivity contribution in [2.75, 3.05) is 7.11 Å². The minimum Gasteiger partial charge on any atom is -0.493 e. The summed E-state index contributed by atoms with van der Waals surface area (Å²) in [5, 5.41) is 9.10. The van der Waals surface area contributed by atoms with E-state index in [0.29, 0.717) is 23.0 Å². The Morgan fingerprint density at radius 1 is 1.17 bits per heavy atom. The molecule has 0 unspecified atom stereocenters. The molecule has 0 bridgehead atoms. The molecule has 5 heteroatoms. The number of carboxylic acids is 1. The van der Waals surface area contributed by atoms with E-state index in [9.17, 15) is 4.79 Å². The van der Waals surface area contributed by atoms with Gasteiger partial charge in [-0.2, -0.15) is 0 Å². The topological polar surface area (TPSA) is 65.0 Å². The molecule has 1 fully saturated rings. The van der Waals surface area contributed by atoms with Gasteiger partial charge in [0.15, 0.2) is 11.5 Å². The summed E-state index contributed by atoms with van der Waals surface area (Å²) in [6.45, 7) is 1.99. The van der Waals surface area contributed by atoms with E-state index in [1.807, 2.05) is 37.3 Å². The lowest BCUT2D eigenvalue weighted by Crippen LogP contribution is -2.08. The Labute approximate surface area is 133 Å². The van der Waals surface area contributed by atoms with Crippen molar-refractivity contribution < 1.29 is 24.1 Å². The van der Waals surface area contributed by atoms with Gasteiger partial charge < -0.3 is 19.3 Å². The maximum atomic E-state index is 11.1. The summed E-state index contributed by atoms with van der Waals surface area (Å²) in [6.07, 6.45) is -0.230. The Morgan fingerprint density at radius 3 is 2.74 bits per heavy atom. The number of rotatable bonds is 4. The van der Waals surface area contributed by atoms with Crippen molar-refractivity contribution in [3.8, 4) is 23.0 Å². The number of ether oxygens (including phenoxy) is 3. The number of hydrogen-bond acceptors (Lipinski definition) is 4. The van der Waals surface area contributed by atoms with E-state index in [0.717, 1.165) is 11.1 Å². The van der Waals surface area contributed by atoms with Crippen LogP contribution in [0.15, 0.2) is 36.4 Å². The van der Waals surface area contributed by atoms with Crippen LogP contribution in [-0.4, -0.2) is 24.3 Å². The van der Waals surface area contributed by atoms with Crippen molar-refractivity contribution in [2.45, 2.75) is 18.9 Å². The van der Waals surface area contributed by atoms with E-state index >= 15 is 0 Å². The second-order valence-corrected chi connectivity index (χ2v) is 5.93. The van der Waals surface area contributed by atoms with Crippen LogP contribution >= 0.6 is 0 Å². The van der Waals surface area contributed by atoms with Gasteiger partial charge in [-0.05, 0) is 30.7 Å². The van der Waals surface area contributed by atoms with Gasteiger partial charge in [-0.1, -0.05) is 12.1 Å². The molecule has 1 N–H and O–H groups in total. The van der Waals surface area contributed by atoms with Crippen LogP contribution in [0.4, 0.5) is 0 Å². The van der Waals surface area contributed by atoms with Gasteiger partial charge >= 0.3 is 5.97 Å². The molecule has 3 atom stereocenters. The first-order chi connectivity index (χ1) is 11.1. The van der Waals surface area contributed by atoms with Gasteiger partial charge in [0.2, 0.25) is 0 Å². The molecule has 0 radical (unpaired) electrons. The molecule has 5 nitrogen and oxygen atoms in total. The fourth-order valence-corrected chi connectivity index (χ4v) is 3.18. The third kappa shape index (κ3) is 2.20. The second-order valence-electron chi connectivity index (χ2n) is 5.93. The van der Waals surface area contributed by atoms with Crippen molar-refractivity contribution >= 4 is 5.97 Å². The predicted octanol–water partition coefficient (Wildman–Crippen LogP) is 3.35. The molecule has 2 aliphatic rings. The van der Waals surface area contributed by atoms with E-state index in [4.69, 9.17) is 19.3 Å². The molecule has 4 rings (SSSR count). The molecule has 1 saturated carbocycles. The van der Waals surface area contributed by atoms with Gasteiger partial charge in [0.1, 0.15) is 23.5 Å². The summed E-state index contributed by atoms with van der Waals surface area (Å²) in [5.41, 5.74) is 2.04. The molecule has 0 aromatic heterocycles. The molecule has 118 valence electrons. The molecule has 1 aliphatic heterocycles. The van der Waals surface area contributed by atoms with E-state index in [1.165, 1.54) is 0 Å². The fourth-order valence-electron chi connectivity index (χ4n) is 3.18. The average Bonchev–Trinajstić information content (AvgIpc) is 3.12. The van der Waals surface area contributed by atoms with Crippen LogP contribution in [0.2, 0.25) is 0 Å². The summed E-state index contributed by atoms with van der Waals surface area (Å²) < 4.78 is 16.9. The van der Waals surface area contributed by atoms with E-state index in [-0.39, 0.29) is 12.0 Å². The fraction of sp³-hybridized carbons (Fsp3) is 0.278. The Kier molecular flexibility index (Phi) is 2.98. The van der Waals surface area contributed by atoms with Crippen LogP contribution < -0.4 is 14.2 Å². The second kappa shape index (κ2) is 4.91. The highest BCUT2D eigenvalue weighted by molar-refractivity contribution is 5.79. The standard InChI is InChI=1S/C18H16O5/c1-9-3-6-12(14(7-9)21-2)22-10-4-5-11-13(8-10)23-17-15(11)16(17)18(19)20/h3-8,15-17H,1-2H3,(H,19,20)/t15-,16-,17-/m1/s1. The quantitative estimate of drug-likeness (QED) is 0.938. The Hall–Kier alpha value is -2.69. The van der Waals surface area contributed by atoms with Crippen LogP contribution in [-0.2, 0) is 4.79 Å². The number of fused-ring (bicyclic) bond motifs is 3. The van der Waals surface area contributed by atoms with Crippen LogP contribution in [0.25, 0.3) is 0 Å². The van der Waals surface area contributed by atoms with Crippen molar-refractivity contribution in [3.05, 3.63) is 47.5 Å². The summed E-state index contributed by atoms with van der Waals surface area (Å²) in [4.78, 5) is 11.1. The number of methoxy groups -OCH3 is 1. The van der Waals surface area contributed by atoms with Crippen molar-refractivity contribution in [3.63, 3.8) is 0 Å². The summed E-state index contributed by atoms with van der Waals surface area (Å²) in [7, 11) is 1.60. The lowest BCUT2D eigenvalue weighted by Gasteiger charge is -2.13.